The third-order valence-electron chi connectivity index (χ3n) is 3.83. The maximum absolute atomic E-state index is 4.59. The summed E-state index contributed by atoms with van der Waals surface area (Å²) >= 11 is 0. The van der Waals surface area contributed by atoms with Crippen molar-refractivity contribution in [1.29, 1.82) is 0 Å². The van der Waals surface area contributed by atoms with E-state index < -0.39 is 0 Å². The first-order valence-corrected chi connectivity index (χ1v) is 7.65. The van der Waals surface area contributed by atoms with Gasteiger partial charge in [0.1, 0.15) is 5.82 Å². The molecule has 0 atom stereocenters. The fourth-order valence-corrected chi connectivity index (χ4v) is 2.82. The van der Waals surface area contributed by atoms with Gasteiger partial charge in [-0.1, -0.05) is 25.0 Å². The van der Waals surface area contributed by atoms with Crippen molar-refractivity contribution in [3.8, 4) is 0 Å². The van der Waals surface area contributed by atoms with Gasteiger partial charge in [-0.3, -0.25) is 0 Å². The molecule has 1 aromatic carbocycles. The molecule has 1 aliphatic carbocycles. The van der Waals surface area contributed by atoms with Crippen molar-refractivity contribution in [2.24, 2.45) is 0 Å². The SMILES string of the molecule is Cc1cccc(Nc2cc(C)nc(NC3CCCC3)n2)c1. The van der Waals surface area contributed by atoms with Crippen LogP contribution in [0.4, 0.5) is 17.5 Å². The molecular formula is C17H22N4. The van der Waals surface area contributed by atoms with Gasteiger partial charge in [0.2, 0.25) is 5.95 Å². The van der Waals surface area contributed by atoms with Gasteiger partial charge in [-0.05, 0) is 44.4 Å². The van der Waals surface area contributed by atoms with E-state index in [0.29, 0.717) is 6.04 Å². The molecule has 1 aromatic heterocycles. The molecule has 0 aliphatic heterocycles. The van der Waals surface area contributed by atoms with Crippen molar-refractivity contribution in [3.63, 3.8) is 0 Å². The number of aromatic nitrogens is 2. The van der Waals surface area contributed by atoms with Gasteiger partial charge in [-0.25, -0.2) is 4.98 Å². The molecule has 0 unspecified atom stereocenters. The van der Waals surface area contributed by atoms with E-state index in [4.69, 9.17) is 0 Å². The van der Waals surface area contributed by atoms with Gasteiger partial charge in [0.05, 0.1) is 0 Å². The molecule has 4 heteroatoms. The van der Waals surface area contributed by atoms with Crippen LogP contribution in [-0.4, -0.2) is 16.0 Å². The second kappa shape index (κ2) is 6.12. The standard InChI is InChI=1S/C17H22N4/c1-12-6-5-9-15(10-12)19-16-11-13(2)18-17(21-16)20-14-7-3-4-8-14/h5-6,9-11,14H,3-4,7-8H2,1-2H3,(H2,18,19,20,21). The number of anilines is 3. The third kappa shape index (κ3) is 3.72. The molecule has 1 aliphatic rings. The van der Waals surface area contributed by atoms with Crippen molar-refractivity contribution in [2.45, 2.75) is 45.6 Å². The minimum absolute atomic E-state index is 0.526. The minimum atomic E-state index is 0.526. The fraction of sp³-hybridized carbons (Fsp3) is 0.412. The number of aryl methyl sites for hydroxylation is 2. The Kier molecular flexibility index (Phi) is 4.04. The summed E-state index contributed by atoms with van der Waals surface area (Å²) < 4.78 is 0. The summed E-state index contributed by atoms with van der Waals surface area (Å²) in [5.41, 5.74) is 3.26. The second-order valence-corrected chi connectivity index (χ2v) is 5.84. The van der Waals surface area contributed by atoms with E-state index in [1.807, 2.05) is 19.1 Å². The minimum Gasteiger partial charge on any atom is -0.351 e. The molecule has 1 fully saturated rings. The molecule has 21 heavy (non-hydrogen) atoms. The van der Waals surface area contributed by atoms with Crippen molar-refractivity contribution in [2.75, 3.05) is 10.6 Å². The molecular weight excluding hydrogens is 260 g/mol. The van der Waals surface area contributed by atoms with Crippen LogP contribution in [-0.2, 0) is 0 Å². The molecule has 2 N–H and O–H groups in total. The summed E-state index contributed by atoms with van der Waals surface area (Å²) in [5.74, 6) is 1.57. The highest BCUT2D eigenvalue weighted by molar-refractivity contribution is 5.58. The molecule has 0 bridgehead atoms. The zero-order valence-electron chi connectivity index (χ0n) is 12.7. The summed E-state index contributed by atoms with van der Waals surface area (Å²) in [4.78, 5) is 9.08. The Hall–Kier alpha value is -2.10. The zero-order valence-corrected chi connectivity index (χ0v) is 12.7. The highest BCUT2D eigenvalue weighted by atomic mass is 15.2. The molecule has 2 aromatic rings. The van der Waals surface area contributed by atoms with E-state index in [0.717, 1.165) is 23.1 Å². The zero-order chi connectivity index (χ0) is 14.7. The molecule has 1 saturated carbocycles. The lowest BCUT2D eigenvalue weighted by molar-refractivity contribution is 0.743. The first kappa shape index (κ1) is 13.9. The lowest BCUT2D eigenvalue weighted by atomic mass is 10.2. The van der Waals surface area contributed by atoms with Crippen LogP contribution in [0.3, 0.4) is 0 Å². The second-order valence-electron chi connectivity index (χ2n) is 5.84. The summed E-state index contributed by atoms with van der Waals surface area (Å²) in [6.45, 7) is 4.09. The van der Waals surface area contributed by atoms with E-state index in [1.165, 1.54) is 31.2 Å². The first-order chi connectivity index (χ1) is 10.2. The molecule has 0 saturated heterocycles. The number of nitrogens with one attached hydrogen (secondary N) is 2. The van der Waals surface area contributed by atoms with Gasteiger partial charge >= 0.3 is 0 Å². The topological polar surface area (TPSA) is 49.8 Å². The summed E-state index contributed by atoms with van der Waals surface area (Å²) in [5, 5.41) is 6.82. The molecule has 0 amide bonds. The average Bonchev–Trinajstić information content (AvgIpc) is 2.90. The van der Waals surface area contributed by atoms with Crippen LogP contribution >= 0.6 is 0 Å². The predicted molar refractivity (Wildman–Crippen MR) is 87.1 cm³/mol. The number of nitrogens with zero attached hydrogens (tertiary/aromatic N) is 2. The number of hydrogen-bond donors (Lipinski definition) is 2. The van der Waals surface area contributed by atoms with Gasteiger partial charge in [-0.2, -0.15) is 4.98 Å². The summed E-state index contributed by atoms with van der Waals surface area (Å²) in [6, 6.07) is 10.8. The van der Waals surface area contributed by atoms with E-state index in [2.05, 4.69) is 45.7 Å². The highest BCUT2D eigenvalue weighted by Gasteiger charge is 2.16. The van der Waals surface area contributed by atoms with Crippen molar-refractivity contribution in [1.82, 2.24) is 9.97 Å². The fourth-order valence-electron chi connectivity index (χ4n) is 2.82. The maximum Gasteiger partial charge on any atom is 0.225 e. The van der Waals surface area contributed by atoms with Gasteiger partial charge < -0.3 is 10.6 Å². The van der Waals surface area contributed by atoms with Gasteiger partial charge in [0.25, 0.3) is 0 Å². The molecule has 0 spiro atoms. The van der Waals surface area contributed by atoms with Gasteiger partial charge in [0, 0.05) is 23.5 Å². The predicted octanol–water partition coefficient (Wildman–Crippen LogP) is 4.19. The van der Waals surface area contributed by atoms with Crippen LogP contribution in [0.5, 0.6) is 0 Å². The van der Waals surface area contributed by atoms with Crippen LogP contribution in [0.2, 0.25) is 0 Å². The number of rotatable bonds is 4. The number of hydrogen-bond acceptors (Lipinski definition) is 4. The van der Waals surface area contributed by atoms with Crippen molar-refractivity contribution >= 4 is 17.5 Å². The Labute approximate surface area is 126 Å². The smallest absolute Gasteiger partial charge is 0.225 e. The van der Waals surface area contributed by atoms with E-state index in [9.17, 15) is 0 Å². The normalized spacial score (nSPS) is 15.1. The van der Waals surface area contributed by atoms with Crippen LogP contribution < -0.4 is 10.6 Å². The molecule has 110 valence electrons. The average molecular weight is 282 g/mol. The van der Waals surface area contributed by atoms with Crippen LogP contribution in [0.25, 0.3) is 0 Å². The van der Waals surface area contributed by atoms with Crippen LogP contribution in [0.1, 0.15) is 36.9 Å². The molecule has 3 rings (SSSR count). The Morgan fingerprint density at radius 3 is 2.62 bits per heavy atom. The van der Waals surface area contributed by atoms with Gasteiger partial charge in [-0.15, -0.1) is 0 Å². The van der Waals surface area contributed by atoms with Crippen molar-refractivity contribution < 1.29 is 0 Å². The van der Waals surface area contributed by atoms with Gasteiger partial charge in [0.15, 0.2) is 0 Å². The molecule has 0 radical (unpaired) electrons. The van der Waals surface area contributed by atoms with Crippen LogP contribution in [0.15, 0.2) is 30.3 Å². The Balaban J connectivity index is 1.77. The lowest BCUT2D eigenvalue weighted by Gasteiger charge is -2.14. The van der Waals surface area contributed by atoms with E-state index in [-0.39, 0.29) is 0 Å². The van der Waals surface area contributed by atoms with Crippen LogP contribution in [0, 0.1) is 13.8 Å². The monoisotopic (exact) mass is 282 g/mol. The third-order valence-corrected chi connectivity index (χ3v) is 3.83. The summed E-state index contributed by atoms with van der Waals surface area (Å²) in [7, 11) is 0. The Bertz CT molecular complexity index is 618. The maximum atomic E-state index is 4.59. The largest absolute Gasteiger partial charge is 0.351 e. The molecule has 1 heterocycles. The van der Waals surface area contributed by atoms with E-state index in [1.54, 1.807) is 0 Å². The Morgan fingerprint density at radius 2 is 1.86 bits per heavy atom. The highest BCUT2D eigenvalue weighted by Crippen LogP contribution is 2.22. The molecule has 4 nitrogen and oxygen atoms in total. The van der Waals surface area contributed by atoms with E-state index >= 15 is 0 Å². The Morgan fingerprint density at radius 1 is 1.05 bits per heavy atom. The first-order valence-electron chi connectivity index (χ1n) is 7.65. The lowest BCUT2D eigenvalue weighted by Crippen LogP contribution is -2.17. The quantitative estimate of drug-likeness (QED) is 0.882. The summed E-state index contributed by atoms with van der Waals surface area (Å²) in [6.07, 6.45) is 5.05. The van der Waals surface area contributed by atoms with Crippen molar-refractivity contribution in [3.05, 3.63) is 41.6 Å². The number of benzene rings is 1.